The summed E-state index contributed by atoms with van der Waals surface area (Å²) in [6.45, 7) is 17.7. The summed E-state index contributed by atoms with van der Waals surface area (Å²) in [5.41, 5.74) is 0.590. The van der Waals surface area contributed by atoms with Crippen molar-refractivity contribution in [1.29, 1.82) is 0 Å². The molecule has 0 aromatic heterocycles. The molecule has 0 bridgehead atoms. The zero-order valence-electron chi connectivity index (χ0n) is 13.1. The Kier molecular flexibility index (Phi) is 12.4. The zero-order valence-corrected chi connectivity index (χ0v) is 13.9. The average molecular weight is 291 g/mol. The fourth-order valence-corrected chi connectivity index (χ4v) is 2.23. The molecule has 0 atom stereocenters. The standard InChI is InChI=1S/C15H30N2O.ClH/c1-6-9-12-17(7-2,8-3)13-10-11-16-15(18)14(4)5;/h4,6-13H2,1-3,5H3;1H. The lowest BCUT2D eigenvalue weighted by molar-refractivity contribution is -0.925. The minimum Gasteiger partial charge on any atom is -1.00 e. The van der Waals surface area contributed by atoms with Gasteiger partial charge in [-0.05, 0) is 27.2 Å². The Morgan fingerprint density at radius 3 is 2.05 bits per heavy atom. The van der Waals surface area contributed by atoms with Crippen LogP contribution >= 0.6 is 0 Å². The van der Waals surface area contributed by atoms with E-state index < -0.39 is 0 Å². The summed E-state index contributed by atoms with van der Waals surface area (Å²) in [6.07, 6.45) is 3.59. The second-order valence-corrected chi connectivity index (χ2v) is 5.16. The number of carbonyl (C=O) groups excluding carboxylic acids is 1. The number of nitrogens with one attached hydrogen (secondary N) is 1. The quantitative estimate of drug-likeness (QED) is 0.335. The molecule has 0 saturated heterocycles. The molecule has 0 aliphatic heterocycles. The van der Waals surface area contributed by atoms with E-state index in [1.807, 2.05) is 0 Å². The number of carbonyl (C=O) groups is 1. The predicted octanol–water partition coefficient (Wildman–Crippen LogP) is -0.270. The lowest BCUT2D eigenvalue weighted by Crippen LogP contribution is -3.00. The molecule has 0 rings (SSSR count). The number of amides is 1. The van der Waals surface area contributed by atoms with Crippen molar-refractivity contribution in [3.05, 3.63) is 12.2 Å². The first-order valence-corrected chi connectivity index (χ1v) is 7.30. The van der Waals surface area contributed by atoms with Crippen LogP contribution in [0.4, 0.5) is 0 Å². The molecule has 0 unspecified atom stereocenters. The molecule has 4 heteroatoms. The molecular formula is C15H31ClN2O. The largest absolute Gasteiger partial charge is 1.00 e. The van der Waals surface area contributed by atoms with Crippen molar-refractivity contribution in [3.63, 3.8) is 0 Å². The number of hydrogen-bond acceptors (Lipinski definition) is 1. The highest BCUT2D eigenvalue weighted by molar-refractivity contribution is 5.91. The summed E-state index contributed by atoms with van der Waals surface area (Å²) in [4.78, 5) is 11.4. The van der Waals surface area contributed by atoms with Crippen LogP contribution in [-0.2, 0) is 4.79 Å². The first-order valence-electron chi connectivity index (χ1n) is 7.30. The first kappa shape index (κ1) is 20.8. The molecule has 0 radical (unpaired) electrons. The minimum absolute atomic E-state index is 0. The number of hydrogen-bond donors (Lipinski definition) is 1. The van der Waals surface area contributed by atoms with E-state index in [0.717, 1.165) is 19.5 Å². The normalized spacial score (nSPS) is 10.7. The molecule has 3 nitrogen and oxygen atoms in total. The molecule has 1 N–H and O–H groups in total. The number of unbranched alkanes of at least 4 members (excludes halogenated alkanes) is 1. The Balaban J connectivity index is 0. The lowest BCUT2D eigenvalue weighted by atomic mass is 10.2. The van der Waals surface area contributed by atoms with E-state index in [1.54, 1.807) is 6.92 Å². The average Bonchev–Trinajstić information content (AvgIpc) is 2.38. The summed E-state index contributed by atoms with van der Waals surface area (Å²) < 4.78 is 1.18. The van der Waals surface area contributed by atoms with Crippen LogP contribution in [0, 0.1) is 0 Å². The Hall–Kier alpha value is -0.540. The predicted molar refractivity (Wildman–Crippen MR) is 78.4 cm³/mol. The van der Waals surface area contributed by atoms with Gasteiger partial charge in [-0.3, -0.25) is 4.79 Å². The van der Waals surface area contributed by atoms with Crippen molar-refractivity contribution in [3.8, 4) is 0 Å². The van der Waals surface area contributed by atoms with E-state index in [0.29, 0.717) is 5.57 Å². The van der Waals surface area contributed by atoms with E-state index in [4.69, 9.17) is 0 Å². The van der Waals surface area contributed by atoms with Crippen molar-refractivity contribution in [2.45, 2.75) is 47.0 Å². The van der Waals surface area contributed by atoms with E-state index >= 15 is 0 Å². The van der Waals surface area contributed by atoms with Crippen LogP contribution in [0.15, 0.2) is 12.2 Å². The molecule has 1 amide bonds. The monoisotopic (exact) mass is 290 g/mol. The molecule has 0 aromatic carbocycles. The second-order valence-electron chi connectivity index (χ2n) is 5.16. The highest BCUT2D eigenvalue weighted by atomic mass is 35.5. The molecule has 114 valence electrons. The van der Waals surface area contributed by atoms with Crippen LogP contribution in [0.2, 0.25) is 0 Å². The fraction of sp³-hybridized carbons (Fsp3) is 0.800. The van der Waals surface area contributed by atoms with Gasteiger partial charge >= 0.3 is 0 Å². The van der Waals surface area contributed by atoms with Gasteiger partial charge in [-0.15, -0.1) is 0 Å². The molecule has 0 aliphatic carbocycles. The molecular weight excluding hydrogens is 260 g/mol. The number of quaternary nitrogens is 1. The summed E-state index contributed by atoms with van der Waals surface area (Å²) in [6, 6.07) is 0. The van der Waals surface area contributed by atoms with Crippen molar-refractivity contribution < 1.29 is 21.7 Å². The van der Waals surface area contributed by atoms with Crippen molar-refractivity contribution in [2.24, 2.45) is 0 Å². The fourth-order valence-electron chi connectivity index (χ4n) is 2.23. The Morgan fingerprint density at radius 2 is 1.63 bits per heavy atom. The van der Waals surface area contributed by atoms with Crippen LogP contribution in [0.5, 0.6) is 0 Å². The van der Waals surface area contributed by atoms with Crippen molar-refractivity contribution in [1.82, 2.24) is 5.32 Å². The highest BCUT2D eigenvalue weighted by Crippen LogP contribution is 2.10. The molecule has 0 spiro atoms. The third-order valence-electron chi connectivity index (χ3n) is 3.81. The van der Waals surface area contributed by atoms with Crippen LogP contribution in [0.25, 0.3) is 0 Å². The number of rotatable bonds is 10. The van der Waals surface area contributed by atoms with Gasteiger partial charge in [0, 0.05) is 18.5 Å². The first-order chi connectivity index (χ1) is 8.51. The summed E-state index contributed by atoms with van der Waals surface area (Å²) in [7, 11) is 0. The third-order valence-corrected chi connectivity index (χ3v) is 3.81. The topological polar surface area (TPSA) is 29.1 Å². The van der Waals surface area contributed by atoms with Gasteiger partial charge in [0.25, 0.3) is 0 Å². The van der Waals surface area contributed by atoms with Gasteiger partial charge in [-0.25, -0.2) is 0 Å². The van der Waals surface area contributed by atoms with Crippen LogP contribution in [-0.4, -0.2) is 43.1 Å². The van der Waals surface area contributed by atoms with E-state index in [2.05, 4.69) is 32.7 Å². The van der Waals surface area contributed by atoms with Crippen LogP contribution in [0.3, 0.4) is 0 Å². The zero-order chi connectivity index (χ0) is 14.0. The molecule has 0 heterocycles. The van der Waals surface area contributed by atoms with Crippen LogP contribution < -0.4 is 17.7 Å². The Bertz CT molecular complexity index is 263. The lowest BCUT2D eigenvalue weighted by Gasteiger charge is -2.37. The third kappa shape index (κ3) is 8.27. The molecule has 0 aromatic rings. The maximum absolute atomic E-state index is 11.4. The van der Waals surface area contributed by atoms with Gasteiger partial charge in [-0.2, -0.15) is 0 Å². The molecule has 0 saturated carbocycles. The van der Waals surface area contributed by atoms with Gasteiger partial charge in [0.2, 0.25) is 5.91 Å². The highest BCUT2D eigenvalue weighted by Gasteiger charge is 2.21. The smallest absolute Gasteiger partial charge is 0.246 e. The summed E-state index contributed by atoms with van der Waals surface area (Å²) in [5.74, 6) is -0.0188. The van der Waals surface area contributed by atoms with Crippen LogP contribution in [0.1, 0.15) is 47.0 Å². The van der Waals surface area contributed by atoms with Crippen molar-refractivity contribution in [2.75, 3.05) is 32.7 Å². The van der Waals surface area contributed by atoms with Gasteiger partial charge in [0.05, 0.1) is 26.2 Å². The van der Waals surface area contributed by atoms with Gasteiger partial charge in [0.1, 0.15) is 0 Å². The van der Waals surface area contributed by atoms with Gasteiger partial charge in [-0.1, -0.05) is 19.9 Å². The number of halogens is 1. The second kappa shape index (κ2) is 11.3. The Labute approximate surface area is 125 Å². The molecule has 0 fully saturated rings. The summed E-state index contributed by atoms with van der Waals surface area (Å²) >= 11 is 0. The minimum atomic E-state index is -0.0188. The van der Waals surface area contributed by atoms with Crippen molar-refractivity contribution >= 4 is 5.91 Å². The van der Waals surface area contributed by atoms with Gasteiger partial charge in [0.15, 0.2) is 0 Å². The maximum Gasteiger partial charge on any atom is 0.246 e. The number of nitrogens with zero attached hydrogens (tertiary/aromatic N) is 1. The molecule has 0 aliphatic rings. The SMILES string of the molecule is C=C(C)C(=O)NCCC[N+](CC)(CC)CCCC.[Cl-]. The van der Waals surface area contributed by atoms with E-state index in [1.165, 1.54) is 37.0 Å². The summed E-state index contributed by atoms with van der Waals surface area (Å²) in [5, 5.41) is 2.91. The Morgan fingerprint density at radius 1 is 1.11 bits per heavy atom. The maximum atomic E-state index is 11.4. The van der Waals surface area contributed by atoms with E-state index in [9.17, 15) is 4.79 Å². The molecule has 19 heavy (non-hydrogen) atoms. The van der Waals surface area contributed by atoms with E-state index in [-0.39, 0.29) is 18.3 Å². The van der Waals surface area contributed by atoms with Gasteiger partial charge < -0.3 is 22.2 Å².